The van der Waals surface area contributed by atoms with Crippen LogP contribution >= 0.6 is 27.3 Å². The number of ketones is 1. The number of aryl methyl sites for hydroxylation is 1. The number of hydrogen-bond acceptors (Lipinski definition) is 3. The topological polar surface area (TPSA) is 37.4 Å². The molecule has 0 fully saturated rings. The Hall–Kier alpha value is -1.46. The van der Waals surface area contributed by atoms with Crippen LogP contribution in [0.1, 0.15) is 28.1 Å². The van der Waals surface area contributed by atoms with E-state index in [1.54, 1.807) is 28.4 Å². The standard InChI is InChI=1S/C16H14BrNO2S/c17-12-4-1-3-11(9-12)14(19)10-18-13-7-8-21-15(13)5-2-6-16(18)20/h1,3-4,7-9H,2,5-6,10H2. The molecule has 2 aromatic rings. The maximum absolute atomic E-state index is 12.4. The molecule has 3 rings (SSSR count). The molecule has 0 atom stereocenters. The Morgan fingerprint density at radius 2 is 2.14 bits per heavy atom. The second-order valence-electron chi connectivity index (χ2n) is 5.00. The van der Waals surface area contributed by atoms with Crippen LogP contribution in [0.5, 0.6) is 0 Å². The highest BCUT2D eigenvalue weighted by Gasteiger charge is 2.25. The van der Waals surface area contributed by atoms with Gasteiger partial charge in [-0.25, -0.2) is 0 Å². The van der Waals surface area contributed by atoms with E-state index in [0.29, 0.717) is 12.0 Å². The average Bonchev–Trinajstić information content (AvgIpc) is 2.87. The van der Waals surface area contributed by atoms with Crippen molar-refractivity contribution in [1.82, 2.24) is 0 Å². The van der Waals surface area contributed by atoms with Crippen LogP contribution in [0.15, 0.2) is 40.2 Å². The fraction of sp³-hybridized carbons (Fsp3) is 0.250. The predicted molar refractivity (Wildman–Crippen MR) is 88.1 cm³/mol. The van der Waals surface area contributed by atoms with Crippen molar-refractivity contribution < 1.29 is 9.59 Å². The number of halogens is 1. The molecule has 1 aliphatic rings. The van der Waals surface area contributed by atoms with E-state index in [1.807, 2.05) is 23.6 Å². The van der Waals surface area contributed by atoms with Gasteiger partial charge in [0.2, 0.25) is 5.91 Å². The van der Waals surface area contributed by atoms with E-state index in [-0.39, 0.29) is 18.2 Å². The summed E-state index contributed by atoms with van der Waals surface area (Å²) in [5.74, 6) is -0.000744. The third-order valence-corrected chi connectivity index (χ3v) is 5.02. The molecule has 1 aromatic heterocycles. The Morgan fingerprint density at radius 1 is 1.29 bits per heavy atom. The number of Topliss-reactive ketones (excluding diaryl/α,β-unsaturated/α-hetero) is 1. The monoisotopic (exact) mass is 363 g/mol. The second kappa shape index (κ2) is 6.12. The fourth-order valence-electron chi connectivity index (χ4n) is 2.50. The molecule has 0 aliphatic carbocycles. The zero-order valence-corrected chi connectivity index (χ0v) is 13.7. The maximum Gasteiger partial charge on any atom is 0.227 e. The minimum atomic E-state index is -0.0382. The first-order valence-electron chi connectivity index (χ1n) is 6.80. The van der Waals surface area contributed by atoms with Gasteiger partial charge in [-0.2, -0.15) is 0 Å². The van der Waals surface area contributed by atoms with Gasteiger partial charge in [0.05, 0.1) is 12.2 Å². The SMILES string of the molecule is O=C(CN1C(=O)CCCc2sccc21)c1cccc(Br)c1. The molecule has 0 N–H and O–H groups in total. The van der Waals surface area contributed by atoms with E-state index in [0.717, 1.165) is 23.0 Å². The van der Waals surface area contributed by atoms with Crippen LogP contribution in [-0.4, -0.2) is 18.2 Å². The Balaban J connectivity index is 1.86. The van der Waals surface area contributed by atoms with Gasteiger partial charge in [-0.05, 0) is 36.4 Å². The molecule has 0 unspecified atom stereocenters. The Bertz CT molecular complexity index is 695. The summed E-state index contributed by atoms with van der Waals surface area (Å²) < 4.78 is 0.867. The van der Waals surface area contributed by atoms with Crippen LogP contribution in [0, 0.1) is 0 Å². The van der Waals surface area contributed by atoms with Gasteiger partial charge in [0.1, 0.15) is 0 Å². The summed E-state index contributed by atoms with van der Waals surface area (Å²) in [6.45, 7) is 0.110. The zero-order chi connectivity index (χ0) is 14.8. The lowest BCUT2D eigenvalue weighted by Gasteiger charge is -2.20. The van der Waals surface area contributed by atoms with Crippen molar-refractivity contribution in [3.05, 3.63) is 50.6 Å². The Kier molecular flexibility index (Phi) is 4.22. The quantitative estimate of drug-likeness (QED) is 0.771. The van der Waals surface area contributed by atoms with E-state index in [2.05, 4.69) is 15.9 Å². The molecule has 0 saturated carbocycles. The minimum absolute atomic E-state index is 0.0375. The highest BCUT2D eigenvalue weighted by molar-refractivity contribution is 9.10. The third-order valence-electron chi connectivity index (χ3n) is 3.56. The molecule has 0 spiro atoms. The lowest BCUT2D eigenvalue weighted by atomic mass is 10.1. The third kappa shape index (κ3) is 3.09. The van der Waals surface area contributed by atoms with Crippen molar-refractivity contribution in [3.63, 3.8) is 0 Å². The van der Waals surface area contributed by atoms with Crippen molar-refractivity contribution >= 4 is 44.6 Å². The number of anilines is 1. The summed E-state index contributed by atoms with van der Waals surface area (Å²) >= 11 is 5.03. The normalized spacial score (nSPS) is 14.7. The summed E-state index contributed by atoms with van der Waals surface area (Å²) in [6.07, 6.45) is 2.28. The molecular weight excluding hydrogens is 350 g/mol. The fourth-order valence-corrected chi connectivity index (χ4v) is 3.82. The maximum atomic E-state index is 12.4. The average molecular weight is 364 g/mol. The number of carbonyl (C=O) groups excluding carboxylic acids is 2. The first-order chi connectivity index (χ1) is 10.1. The zero-order valence-electron chi connectivity index (χ0n) is 11.3. The molecule has 21 heavy (non-hydrogen) atoms. The number of amides is 1. The molecule has 0 bridgehead atoms. The molecular formula is C16H14BrNO2S. The minimum Gasteiger partial charge on any atom is -0.303 e. The number of fused-ring (bicyclic) bond motifs is 1. The van der Waals surface area contributed by atoms with E-state index in [4.69, 9.17) is 0 Å². The van der Waals surface area contributed by atoms with E-state index in [1.165, 1.54) is 4.88 Å². The van der Waals surface area contributed by atoms with Gasteiger partial charge in [0.25, 0.3) is 0 Å². The number of benzene rings is 1. The van der Waals surface area contributed by atoms with Gasteiger partial charge >= 0.3 is 0 Å². The highest BCUT2D eigenvalue weighted by Crippen LogP contribution is 2.31. The molecule has 1 aliphatic heterocycles. The summed E-state index contributed by atoms with van der Waals surface area (Å²) in [5, 5.41) is 1.99. The number of rotatable bonds is 3. The second-order valence-corrected chi connectivity index (χ2v) is 6.91. The van der Waals surface area contributed by atoms with E-state index < -0.39 is 0 Å². The lowest BCUT2D eigenvalue weighted by molar-refractivity contribution is -0.118. The Morgan fingerprint density at radius 3 is 2.95 bits per heavy atom. The Labute approximate surface area is 135 Å². The molecule has 0 radical (unpaired) electrons. The largest absolute Gasteiger partial charge is 0.303 e. The molecule has 1 amide bonds. The molecule has 2 heterocycles. The van der Waals surface area contributed by atoms with Crippen LogP contribution < -0.4 is 4.90 Å². The van der Waals surface area contributed by atoms with Crippen LogP contribution in [0.3, 0.4) is 0 Å². The predicted octanol–water partition coefficient (Wildman–Crippen LogP) is 4.06. The smallest absolute Gasteiger partial charge is 0.227 e. The van der Waals surface area contributed by atoms with Crippen molar-refractivity contribution in [2.45, 2.75) is 19.3 Å². The van der Waals surface area contributed by atoms with Gasteiger partial charge in [0, 0.05) is 21.3 Å². The van der Waals surface area contributed by atoms with Crippen LogP contribution in [0.25, 0.3) is 0 Å². The van der Waals surface area contributed by atoms with E-state index >= 15 is 0 Å². The number of nitrogens with zero attached hydrogens (tertiary/aromatic N) is 1. The number of thiophene rings is 1. The first-order valence-corrected chi connectivity index (χ1v) is 8.48. The van der Waals surface area contributed by atoms with E-state index in [9.17, 15) is 9.59 Å². The van der Waals surface area contributed by atoms with Gasteiger partial charge in [0.15, 0.2) is 5.78 Å². The number of carbonyl (C=O) groups is 2. The molecule has 3 nitrogen and oxygen atoms in total. The van der Waals surface area contributed by atoms with Gasteiger partial charge in [-0.15, -0.1) is 11.3 Å². The van der Waals surface area contributed by atoms with Crippen molar-refractivity contribution in [1.29, 1.82) is 0 Å². The summed E-state index contributed by atoms with van der Waals surface area (Å²) in [7, 11) is 0. The van der Waals surface area contributed by atoms with Gasteiger partial charge in [-0.1, -0.05) is 28.1 Å². The molecule has 0 saturated heterocycles. The lowest BCUT2D eigenvalue weighted by Crippen LogP contribution is -2.35. The summed E-state index contributed by atoms with van der Waals surface area (Å²) in [6, 6.07) is 9.23. The van der Waals surface area contributed by atoms with Gasteiger partial charge in [-0.3, -0.25) is 9.59 Å². The van der Waals surface area contributed by atoms with Crippen LogP contribution in [0.2, 0.25) is 0 Å². The van der Waals surface area contributed by atoms with Crippen molar-refractivity contribution in [3.8, 4) is 0 Å². The summed E-state index contributed by atoms with van der Waals surface area (Å²) in [5.41, 5.74) is 1.53. The van der Waals surface area contributed by atoms with Crippen molar-refractivity contribution in [2.75, 3.05) is 11.4 Å². The molecule has 108 valence electrons. The van der Waals surface area contributed by atoms with Crippen LogP contribution in [0.4, 0.5) is 5.69 Å². The molecule has 5 heteroatoms. The first kappa shape index (κ1) is 14.5. The summed E-state index contributed by atoms with van der Waals surface area (Å²) in [4.78, 5) is 27.6. The molecule has 1 aromatic carbocycles. The van der Waals surface area contributed by atoms with Gasteiger partial charge < -0.3 is 4.90 Å². The number of hydrogen-bond donors (Lipinski definition) is 0. The highest BCUT2D eigenvalue weighted by atomic mass is 79.9. The van der Waals surface area contributed by atoms with Crippen LogP contribution in [-0.2, 0) is 11.2 Å². The van der Waals surface area contributed by atoms with Crippen molar-refractivity contribution in [2.24, 2.45) is 0 Å².